The molecule has 0 bridgehead atoms. The van der Waals surface area contributed by atoms with Gasteiger partial charge in [-0.3, -0.25) is 9.59 Å². The van der Waals surface area contributed by atoms with Crippen molar-refractivity contribution in [3.8, 4) is 0 Å². The summed E-state index contributed by atoms with van der Waals surface area (Å²) >= 11 is 0. The fraction of sp³-hybridized carbons (Fsp3) is 0.571. The highest BCUT2D eigenvalue weighted by Crippen LogP contribution is 2.28. The zero-order valence-corrected chi connectivity index (χ0v) is 19.4. The van der Waals surface area contributed by atoms with Crippen molar-refractivity contribution in [1.82, 2.24) is 16.0 Å². The second-order valence-electron chi connectivity index (χ2n) is 7.36. The number of amides is 2. The lowest BCUT2D eigenvalue weighted by Crippen LogP contribution is -2.41. The molecular weight excluding hydrogens is 481 g/mol. The normalized spacial score (nSPS) is 16.8. The van der Waals surface area contributed by atoms with Crippen molar-refractivity contribution < 1.29 is 9.59 Å². The summed E-state index contributed by atoms with van der Waals surface area (Å²) < 4.78 is 0. The third kappa shape index (κ3) is 7.49. The van der Waals surface area contributed by atoms with Gasteiger partial charge in [0, 0.05) is 44.2 Å². The van der Waals surface area contributed by atoms with E-state index in [1.165, 1.54) is 0 Å². The lowest BCUT2D eigenvalue weighted by atomic mass is 10.1. The van der Waals surface area contributed by atoms with Crippen LogP contribution >= 0.6 is 24.0 Å². The predicted molar refractivity (Wildman–Crippen MR) is 127 cm³/mol. The van der Waals surface area contributed by atoms with Crippen molar-refractivity contribution in [2.45, 2.75) is 45.6 Å². The quantitative estimate of drug-likeness (QED) is 0.216. The first-order valence-electron chi connectivity index (χ1n) is 10.4. The molecule has 0 radical (unpaired) electrons. The van der Waals surface area contributed by atoms with Gasteiger partial charge in [-0.25, -0.2) is 4.99 Å². The Morgan fingerprint density at radius 2 is 1.83 bits per heavy atom. The molecule has 1 aliphatic carbocycles. The van der Waals surface area contributed by atoms with Crippen LogP contribution in [0.3, 0.4) is 0 Å². The van der Waals surface area contributed by atoms with Crippen LogP contribution in [0.1, 0.15) is 44.6 Å². The Morgan fingerprint density at radius 3 is 2.48 bits per heavy atom. The lowest BCUT2D eigenvalue weighted by Gasteiger charge is -2.26. The van der Waals surface area contributed by atoms with Crippen LogP contribution in [-0.2, 0) is 16.1 Å². The summed E-state index contributed by atoms with van der Waals surface area (Å²) in [7, 11) is 0. The van der Waals surface area contributed by atoms with Crippen LogP contribution < -0.4 is 20.9 Å². The van der Waals surface area contributed by atoms with Crippen molar-refractivity contribution in [1.29, 1.82) is 0 Å². The number of benzene rings is 1. The Morgan fingerprint density at radius 1 is 1.10 bits per heavy atom. The van der Waals surface area contributed by atoms with Gasteiger partial charge in [0.25, 0.3) is 0 Å². The van der Waals surface area contributed by atoms with Crippen molar-refractivity contribution in [3.63, 3.8) is 0 Å². The van der Waals surface area contributed by atoms with Gasteiger partial charge in [-0.15, -0.1) is 24.0 Å². The molecule has 160 valence electrons. The highest BCUT2D eigenvalue weighted by Gasteiger charge is 2.28. The van der Waals surface area contributed by atoms with Gasteiger partial charge < -0.3 is 20.9 Å². The van der Waals surface area contributed by atoms with E-state index in [4.69, 9.17) is 0 Å². The topological polar surface area (TPSA) is 85.8 Å². The standard InChI is InChI=1S/C21H31N5O2.HI/c1-2-22-21(24-13-12-23-20(28)17-8-9-17)25-15-16-6-10-18(11-7-16)26-14-4-3-5-19(26)27;/h6-7,10-11,17H,2-5,8-9,12-15H2,1H3,(H,23,28)(H2,22,24,25);1H. The van der Waals surface area contributed by atoms with E-state index in [0.29, 0.717) is 26.1 Å². The first-order valence-corrected chi connectivity index (χ1v) is 10.4. The largest absolute Gasteiger partial charge is 0.357 e. The average molecular weight is 513 g/mol. The fourth-order valence-corrected chi connectivity index (χ4v) is 3.23. The molecule has 1 heterocycles. The number of carbonyl (C=O) groups excluding carboxylic acids is 2. The van der Waals surface area contributed by atoms with Gasteiger partial charge in [0.15, 0.2) is 5.96 Å². The zero-order valence-electron chi connectivity index (χ0n) is 17.1. The van der Waals surface area contributed by atoms with Crippen LogP contribution in [0.2, 0.25) is 0 Å². The molecule has 0 unspecified atom stereocenters. The summed E-state index contributed by atoms with van der Waals surface area (Å²) in [5, 5.41) is 9.40. The monoisotopic (exact) mass is 513 g/mol. The van der Waals surface area contributed by atoms with E-state index in [0.717, 1.165) is 56.0 Å². The Hall–Kier alpha value is -1.84. The van der Waals surface area contributed by atoms with Crippen molar-refractivity contribution in [3.05, 3.63) is 29.8 Å². The predicted octanol–water partition coefficient (Wildman–Crippen LogP) is 2.40. The fourth-order valence-electron chi connectivity index (χ4n) is 3.23. The van der Waals surface area contributed by atoms with E-state index < -0.39 is 0 Å². The number of guanidine groups is 1. The summed E-state index contributed by atoms with van der Waals surface area (Å²) in [6.07, 6.45) is 4.75. The number of aliphatic imine (C=N–C) groups is 1. The van der Waals surface area contributed by atoms with Gasteiger partial charge >= 0.3 is 0 Å². The number of rotatable bonds is 8. The minimum absolute atomic E-state index is 0. The minimum Gasteiger partial charge on any atom is -0.357 e. The van der Waals surface area contributed by atoms with Crippen LogP contribution in [0.15, 0.2) is 29.3 Å². The van der Waals surface area contributed by atoms with Crippen LogP contribution in [0.25, 0.3) is 0 Å². The number of hydrogen-bond acceptors (Lipinski definition) is 3. The second kappa shape index (κ2) is 12.0. The molecular formula is C21H32IN5O2. The summed E-state index contributed by atoms with van der Waals surface area (Å²) in [5.41, 5.74) is 2.06. The van der Waals surface area contributed by atoms with Gasteiger partial charge in [0.1, 0.15) is 0 Å². The molecule has 29 heavy (non-hydrogen) atoms. The van der Waals surface area contributed by atoms with E-state index in [9.17, 15) is 9.59 Å². The van der Waals surface area contributed by atoms with Gasteiger partial charge in [-0.2, -0.15) is 0 Å². The molecule has 7 nitrogen and oxygen atoms in total. The van der Waals surface area contributed by atoms with E-state index >= 15 is 0 Å². The van der Waals surface area contributed by atoms with Gasteiger partial charge in [0.2, 0.25) is 11.8 Å². The number of nitrogens with zero attached hydrogens (tertiary/aromatic N) is 2. The first kappa shape index (κ1) is 23.4. The number of carbonyl (C=O) groups is 2. The van der Waals surface area contributed by atoms with Crippen LogP contribution in [0, 0.1) is 5.92 Å². The minimum atomic E-state index is 0. The molecule has 1 aromatic rings. The highest BCUT2D eigenvalue weighted by molar-refractivity contribution is 14.0. The Balaban J connectivity index is 0.00000300. The molecule has 0 spiro atoms. The summed E-state index contributed by atoms with van der Waals surface area (Å²) in [5.74, 6) is 1.35. The maximum absolute atomic E-state index is 12.0. The Kier molecular flexibility index (Phi) is 9.69. The average Bonchev–Trinajstić information content (AvgIpc) is 3.55. The van der Waals surface area contributed by atoms with Gasteiger partial charge in [-0.1, -0.05) is 12.1 Å². The van der Waals surface area contributed by atoms with Crippen LogP contribution in [-0.4, -0.2) is 44.0 Å². The molecule has 2 fully saturated rings. The van der Waals surface area contributed by atoms with Crippen molar-refractivity contribution in [2.24, 2.45) is 10.9 Å². The van der Waals surface area contributed by atoms with Gasteiger partial charge in [0.05, 0.1) is 6.54 Å². The molecule has 0 aromatic heterocycles. The van der Waals surface area contributed by atoms with Crippen molar-refractivity contribution >= 4 is 47.4 Å². The summed E-state index contributed by atoms with van der Waals surface area (Å²) in [4.78, 5) is 30.2. The molecule has 2 aliphatic rings. The molecule has 0 atom stereocenters. The third-order valence-corrected chi connectivity index (χ3v) is 5.00. The van der Waals surface area contributed by atoms with E-state index in [1.807, 2.05) is 36.1 Å². The third-order valence-electron chi connectivity index (χ3n) is 5.00. The molecule has 2 amide bonds. The van der Waals surface area contributed by atoms with Crippen LogP contribution in [0.4, 0.5) is 5.69 Å². The maximum Gasteiger partial charge on any atom is 0.226 e. The maximum atomic E-state index is 12.0. The number of halogens is 1. The summed E-state index contributed by atoms with van der Waals surface area (Å²) in [6, 6.07) is 8.06. The van der Waals surface area contributed by atoms with Crippen LogP contribution in [0.5, 0.6) is 0 Å². The SMILES string of the molecule is CCNC(=NCc1ccc(N2CCCCC2=O)cc1)NCCNC(=O)C1CC1.I. The number of piperidine rings is 1. The molecule has 1 aliphatic heterocycles. The number of nitrogens with one attached hydrogen (secondary N) is 3. The Bertz CT molecular complexity index is 704. The molecule has 8 heteroatoms. The zero-order chi connectivity index (χ0) is 19.8. The highest BCUT2D eigenvalue weighted by atomic mass is 127. The van der Waals surface area contributed by atoms with E-state index in [-0.39, 0.29) is 41.7 Å². The number of anilines is 1. The second-order valence-corrected chi connectivity index (χ2v) is 7.36. The molecule has 1 saturated carbocycles. The molecule has 1 saturated heterocycles. The first-order chi connectivity index (χ1) is 13.7. The van der Waals surface area contributed by atoms with Crippen molar-refractivity contribution in [2.75, 3.05) is 31.1 Å². The van der Waals surface area contributed by atoms with E-state index in [2.05, 4.69) is 20.9 Å². The summed E-state index contributed by atoms with van der Waals surface area (Å²) in [6.45, 7) is 5.39. The molecule has 3 N–H and O–H groups in total. The van der Waals surface area contributed by atoms with Gasteiger partial charge in [-0.05, 0) is 50.3 Å². The molecule has 1 aromatic carbocycles. The Labute approximate surface area is 190 Å². The molecule has 3 rings (SSSR count). The lowest BCUT2D eigenvalue weighted by molar-refractivity contribution is -0.122. The van der Waals surface area contributed by atoms with E-state index in [1.54, 1.807) is 0 Å². The smallest absolute Gasteiger partial charge is 0.226 e. The number of hydrogen-bond donors (Lipinski definition) is 3.